The fourth-order valence-corrected chi connectivity index (χ4v) is 3.46. The van der Waals surface area contributed by atoms with Crippen molar-refractivity contribution in [3.05, 3.63) is 41.3 Å². The molecule has 0 unspecified atom stereocenters. The van der Waals surface area contributed by atoms with E-state index in [4.69, 9.17) is 11.6 Å². The van der Waals surface area contributed by atoms with Gasteiger partial charge in [-0.15, -0.1) is 0 Å². The fraction of sp³-hybridized carbons (Fsp3) is 0.474. The van der Waals surface area contributed by atoms with Crippen molar-refractivity contribution in [2.24, 2.45) is 0 Å². The maximum Gasteiger partial charge on any atom is 0.244 e. The smallest absolute Gasteiger partial charge is 0.244 e. The summed E-state index contributed by atoms with van der Waals surface area (Å²) in [6.07, 6.45) is 11.4. The number of aromatic nitrogens is 2. The van der Waals surface area contributed by atoms with Crippen LogP contribution in [0.5, 0.6) is 0 Å². The molecule has 1 amide bonds. The Bertz CT molecular complexity index is 732. The summed E-state index contributed by atoms with van der Waals surface area (Å²) in [6, 6.07) is 5.69. The molecule has 2 aromatic rings. The normalized spacial score (nSPS) is 16.4. The Morgan fingerprint density at radius 3 is 2.84 bits per heavy atom. The predicted molar refractivity (Wildman–Crippen MR) is 102 cm³/mol. The summed E-state index contributed by atoms with van der Waals surface area (Å²) >= 11 is 6.16. The van der Waals surface area contributed by atoms with Gasteiger partial charge in [-0.05, 0) is 57.1 Å². The van der Waals surface area contributed by atoms with Crippen LogP contribution in [0.2, 0.25) is 5.15 Å². The van der Waals surface area contributed by atoms with E-state index in [1.807, 2.05) is 28.8 Å². The van der Waals surface area contributed by atoms with Gasteiger partial charge in [0.05, 0.1) is 5.69 Å². The predicted octanol–water partition coefficient (Wildman–Crippen LogP) is 3.38. The molecular formula is C19H25ClN4O. The largest absolute Gasteiger partial charge is 0.353 e. The number of imidazole rings is 1. The number of carbonyl (C=O) groups is 1. The summed E-state index contributed by atoms with van der Waals surface area (Å²) in [5.74, 6) is -0.0992. The van der Waals surface area contributed by atoms with Crippen LogP contribution in [0.15, 0.2) is 30.5 Å². The van der Waals surface area contributed by atoms with E-state index in [-0.39, 0.29) is 5.91 Å². The van der Waals surface area contributed by atoms with Gasteiger partial charge in [-0.2, -0.15) is 0 Å². The van der Waals surface area contributed by atoms with Crippen molar-refractivity contribution in [2.75, 3.05) is 26.2 Å². The molecular weight excluding hydrogens is 336 g/mol. The highest BCUT2D eigenvalue weighted by atomic mass is 35.5. The van der Waals surface area contributed by atoms with Gasteiger partial charge in [0, 0.05) is 18.8 Å². The highest BCUT2D eigenvalue weighted by Crippen LogP contribution is 2.18. The van der Waals surface area contributed by atoms with Crippen molar-refractivity contribution in [1.29, 1.82) is 0 Å². The number of hydrogen-bond acceptors (Lipinski definition) is 3. The quantitative estimate of drug-likeness (QED) is 0.634. The SMILES string of the molecule is O=C(C=Cc1c(Cl)nc2ccccn12)NCCCN1CCCCCC1. The minimum atomic E-state index is -0.0992. The van der Waals surface area contributed by atoms with Crippen LogP contribution in [0.4, 0.5) is 0 Å². The van der Waals surface area contributed by atoms with Gasteiger partial charge < -0.3 is 10.2 Å². The summed E-state index contributed by atoms with van der Waals surface area (Å²) in [5, 5.41) is 3.34. The second-order valence-electron chi connectivity index (χ2n) is 6.45. The molecule has 0 radical (unpaired) electrons. The van der Waals surface area contributed by atoms with Gasteiger partial charge in [0.1, 0.15) is 5.65 Å². The third-order valence-corrected chi connectivity index (χ3v) is 4.84. The molecule has 1 aliphatic heterocycles. The van der Waals surface area contributed by atoms with Crippen LogP contribution in [0, 0.1) is 0 Å². The van der Waals surface area contributed by atoms with Crippen molar-refractivity contribution in [2.45, 2.75) is 32.1 Å². The van der Waals surface area contributed by atoms with Crippen LogP contribution in [0.3, 0.4) is 0 Å². The first-order valence-corrected chi connectivity index (χ1v) is 9.43. The van der Waals surface area contributed by atoms with Crippen LogP contribution < -0.4 is 5.32 Å². The van der Waals surface area contributed by atoms with E-state index in [1.165, 1.54) is 44.8 Å². The molecule has 6 heteroatoms. The molecule has 0 spiro atoms. The minimum absolute atomic E-state index is 0.0992. The van der Waals surface area contributed by atoms with Crippen molar-refractivity contribution in [3.63, 3.8) is 0 Å². The number of pyridine rings is 1. The molecule has 1 N–H and O–H groups in total. The molecule has 0 saturated carbocycles. The van der Waals surface area contributed by atoms with E-state index in [0.29, 0.717) is 11.7 Å². The zero-order valence-corrected chi connectivity index (χ0v) is 15.2. The average Bonchev–Trinajstić information content (AvgIpc) is 2.77. The van der Waals surface area contributed by atoms with Crippen LogP contribution in [0.25, 0.3) is 11.7 Å². The van der Waals surface area contributed by atoms with Gasteiger partial charge in [-0.3, -0.25) is 9.20 Å². The molecule has 25 heavy (non-hydrogen) atoms. The summed E-state index contributed by atoms with van der Waals surface area (Å²) in [4.78, 5) is 18.8. The molecule has 3 heterocycles. The van der Waals surface area contributed by atoms with E-state index >= 15 is 0 Å². The van der Waals surface area contributed by atoms with Gasteiger partial charge in [-0.1, -0.05) is 30.5 Å². The summed E-state index contributed by atoms with van der Waals surface area (Å²) in [5.41, 5.74) is 1.49. The number of likely N-dealkylation sites (tertiary alicyclic amines) is 1. The number of nitrogens with one attached hydrogen (secondary N) is 1. The number of carbonyl (C=O) groups excluding carboxylic acids is 1. The first kappa shape index (κ1) is 18.0. The summed E-state index contributed by atoms with van der Waals surface area (Å²) in [7, 11) is 0. The number of nitrogens with zero attached hydrogens (tertiary/aromatic N) is 3. The second kappa shape index (κ2) is 9.02. The van der Waals surface area contributed by atoms with Crippen molar-refractivity contribution in [1.82, 2.24) is 19.6 Å². The molecule has 0 aromatic carbocycles. The Balaban J connectivity index is 1.45. The third kappa shape index (κ3) is 5.06. The Morgan fingerprint density at radius 2 is 2.04 bits per heavy atom. The molecule has 0 bridgehead atoms. The lowest BCUT2D eigenvalue weighted by Gasteiger charge is -2.19. The first-order valence-electron chi connectivity index (χ1n) is 9.05. The van der Waals surface area contributed by atoms with Gasteiger partial charge in [0.15, 0.2) is 5.15 Å². The molecule has 3 rings (SSSR count). The van der Waals surface area contributed by atoms with Crippen molar-refractivity contribution in [3.8, 4) is 0 Å². The third-order valence-electron chi connectivity index (χ3n) is 4.56. The van der Waals surface area contributed by atoms with Crippen LogP contribution in [0.1, 0.15) is 37.8 Å². The van der Waals surface area contributed by atoms with Crippen LogP contribution >= 0.6 is 11.6 Å². The minimum Gasteiger partial charge on any atom is -0.353 e. The molecule has 2 aromatic heterocycles. The molecule has 0 aliphatic carbocycles. The van der Waals surface area contributed by atoms with Crippen molar-refractivity contribution >= 4 is 29.2 Å². The number of amides is 1. The van der Waals surface area contributed by atoms with Crippen molar-refractivity contribution < 1.29 is 4.79 Å². The lowest BCUT2D eigenvalue weighted by molar-refractivity contribution is -0.116. The lowest BCUT2D eigenvalue weighted by Crippen LogP contribution is -2.30. The molecule has 5 nitrogen and oxygen atoms in total. The Labute approximate surface area is 153 Å². The fourth-order valence-electron chi connectivity index (χ4n) is 3.22. The Morgan fingerprint density at radius 1 is 1.24 bits per heavy atom. The molecule has 1 aliphatic rings. The van der Waals surface area contributed by atoms with Gasteiger partial charge in [0.2, 0.25) is 5.91 Å². The van der Waals surface area contributed by atoms with E-state index in [1.54, 1.807) is 6.08 Å². The number of fused-ring (bicyclic) bond motifs is 1. The molecule has 1 saturated heterocycles. The highest BCUT2D eigenvalue weighted by molar-refractivity contribution is 6.31. The van der Waals surface area contributed by atoms with E-state index in [2.05, 4.69) is 15.2 Å². The lowest BCUT2D eigenvalue weighted by atomic mass is 10.2. The van der Waals surface area contributed by atoms with Gasteiger partial charge in [0.25, 0.3) is 0 Å². The Hall–Kier alpha value is -1.85. The van der Waals surface area contributed by atoms with E-state index < -0.39 is 0 Å². The standard InChI is InChI=1S/C19H25ClN4O/c20-19-16(24-15-6-3-8-17(24)22-19)9-10-18(25)21-11-7-14-23-12-4-1-2-5-13-23/h3,6,8-10,15H,1-2,4-5,7,11-14H2,(H,21,25). The topological polar surface area (TPSA) is 49.6 Å². The number of hydrogen-bond donors (Lipinski definition) is 1. The summed E-state index contributed by atoms with van der Waals surface area (Å²) < 4.78 is 1.87. The first-order chi connectivity index (χ1) is 12.2. The monoisotopic (exact) mass is 360 g/mol. The zero-order chi connectivity index (χ0) is 17.5. The van der Waals surface area contributed by atoms with Gasteiger partial charge in [-0.25, -0.2) is 4.98 Å². The average molecular weight is 361 g/mol. The van der Waals surface area contributed by atoms with E-state index in [9.17, 15) is 4.79 Å². The van der Waals surface area contributed by atoms with Crippen LogP contribution in [-0.2, 0) is 4.79 Å². The Kier molecular flexibility index (Phi) is 6.48. The number of halogens is 1. The molecule has 0 atom stereocenters. The zero-order valence-electron chi connectivity index (χ0n) is 14.5. The second-order valence-corrected chi connectivity index (χ2v) is 6.81. The maximum atomic E-state index is 12.0. The number of rotatable bonds is 6. The van der Waals surface area contributed by atoms with Crippen LogP contribution in [-0.4, -0.2) is 46.4 Å². The van der Waals surface area contributed by atoms with E-state index in [0.717, 1.165) is 24.3 Å². The molecule has 1 fully saturated rings. The maximum absolute atomic E-state index is 12.0. The highest BCUT2D eigenvalue weighted by Gasteiger charge is 2.09. The van der Waals surface area contributed by atoms with Gasteiger partial charge >= 0.3 is 0 Å². The summed E-state index contributed by atoms with van der Waals surface area (Å²) in [6.45, 7) is 4.14. The molecule has 134 valence electrons.